The Labute approximate surface area is 195 Å². The highest BCUT2D eigenvalue weighted by molar-refractivity contribution is 9.10. The first-order chi connectivity index (χ1) is 15.0. The van der Waals surface area contributed by atoms with Gasteiger partial charge in [0, 0.05) is 29.9 Å². The second-order valence-corrected chi connectivity index (χ2v) is 8.15. The molecule has 164 valence electrons. The highest BCUT2D eigenvalue weighted by Gasteiger charge is 2.18. The molecule has 2 N–H and O–H groups in total. The van der Waals surface area contributed by atoms with Crippen LogP contribution in [-0.4, -0.2) is 54.7 Å². The highest BCUT2D eigenvalue weighted by Crippen LogP contribution is 2.26. The maximum Gasteiger partial charge on any atom is 0.257 e. The number of benzene rings is 2. The van der Waals surface area contributed by atoms with Crippen LogP contribution in [0.5, 0.6) is 5.75 Å². The van der Waals surface area contributed by atoms with E-state index in [2.05, 4.69) is 26.6 Å². The molecule has 2 aromatic rings. The Morgan fingerprint density at radius 2 is 1.81 bits per heavy atom. The number of carbonyl (C=O) groups excluding carboxylic acids is 2. The van der Waals surface area contributed by atoms with Gasteiger partial charge in [-0.25, -0.2) is 0 Å². The molecule has 0 aromatic heterocycles. The summed E-state index contributed by atoms with van der Waals surface area (Å²) >= 11 is 8.67. The summed E-state index contributed by atoms with van der Waals surface area (Å²) in [5, 5.41) is 5.78. The smallest absolute Gasteiger partial charge is 0.257 e. The number of ether oxygens (including phenoxy) is 2. The van der Waals surface area contributed by atoms with Crippen molar-refractivity contribution in [2.45, 2.75) is 13.3 Å². The van der Waals surface area contributed by atoms with Gasteiger partial charge in [0.1, 0.15) is 5.75 Å². The van der Waals surface area contributed by atoms with E-state index in [0.29, 0.717) is 59.9 Å². The number of anilines is 1. The number of morpholine rings is 1. The van der Waals surface area contributed by atoms with E-state index in [1.807, 2.05) is 6.92 Å². The lowest BCUT2D eigenvalue weighted by Crippen LogP contribution is -2.40. The molecule has 0 atom stereocenters. The lowest BCUT2D eigenvalue weighted by Gasteiger charge is -2.26. The maximum atomic E-state index is 12.5. The summed E-state index contributed by atoms with van der Waals surface area (Å²) in [6, 6.07) is 12.1. The molecule has 1 aliphatic heterocycles. The summed E-state index contributed by atoms with van der Waals surface area (Å²) in [7, 11) is 0. The van der Waals surface area contributed by atoms with Gasteiger partial charge in [-0.2, -0.15) is 0 Å². The van der Waals surface area contributed by atoms with E-state index in [-0.39, 0.29) is 16.9 Å². The van der Waals surface area contributed by atoms with Gasteiger partial charge < -0.3 is 19.7 Å². The largest absolute Gasteiger partial charge is 0.492 e. The van der Waals surface area contributed by atoms with Crippen LogP contribution < -0.4 is 15.4 Å². The molecule has 31 heavy (non-hydrogen) atoms. The SMILES string of the molecule is CCCOc1ccc(C(=O)NC(=S)Nc2ccc(C(=O)N3CCOCC3)cc2)cc1Br. The molecule has 0 bridgehead atoms. The Hall–Kier alpha value is -2.49. The van der Waals surface area contributed by atoms with E-state index < -0.39 is 0 Å². The Kier molecular flexibility index (Phi) is 8.39. The second kappa shape index (κ2) is 11.2. The van der Waals surface area contributed by atoms with Crippen LogP contribution in [0.4, 0.5) is 5.69 Å². The van der Waals surface area contributed by atoms with Gasteiger partial charge in [0.2, 0.25) is 0 Å². The zero-order valence-electron chi connectivity index (χ0n) is 17.2. The van der Waals surface area contributed by atoms with Crippen molar-refractivity contribution < 1.29 is 19.1 Å². The second-order valence-electron chi connectivity index (χ2n) is 6.88. The fraction of sp³-hybridized carbons (Fsp3) is 0.318. The normalized spacial score (nSPS) is 13.4. The average molecular weight is 506 g/mol. The van der Waals surface area contributed by atoms with Crippen molar-refractivity contribution in [1.82, 2.24) is 10.2 Å². The number of nitrogens with one attached hydrogen (secondary N) is 2. The van der Waals surface area contributed by atoms with Crippen LogP contribution in [0, 0.1) is 0 Å². The first kappa shape index (κ1) is 23.2. The molecular formula is C22H24BrN3O4S. The lowest BCUT2D eigenvalue weighted by molar-refractivity contribution is 0.0303. The van der Waals surface area contributed by atoms with Gasteiger partial charge in [-0.15, -0.1) is 0 Å². The molecule has 0 saturated carbocycles. The van der Waals surface area contributed by atoms with Crippen molar-refractivity contribution in [1.29, 1.82) is 0 Å². The third-order valence-corrected chi connectivity index (χ3v) is 5.39. The minimum absolute atomic E-state index is 0.0253. The molecule has 0 unspecified atom stereocenters. The van der Waals surface area contributed by atoms with Gasteiger partial charge in [-0.05, 0) is 77.0 Å². The predicted molar refractivity (Wildman–Crippen MR) is 127 cm³/mol. The first-order valence-corrected chi connectivity index (χ1v) is 11.2. The maximum absolute atomic E-state index is 12.5. The fourth-order valence-corrected chi connectivity index (χ4v) is 3.66. The van der Waals surface area contributed by atoms with Crippen LogP contribution >= 0.6 is 28.1 Å². The number of amides is 2. The molecule has 7 nitrogen and oxygen atoms in total. The van der Waals surface area contributed by atoms with Crippen LogP contribution in [0.15, 0.2) is 46.9 Å². The van der Waals surface area contributed by atoms with E-state index in [0.717, 1.165) is 6.42 Å². The Morgan fingerprint density at radius 1 is 1.13 bits per heavy atom. The van der Waals surface area contributed by atoms with E-state index in [9.17, 15) is 9.59 Å². The van der Waals surface area contributed by atoms with Crippen LogP contribution in [0.3, 0.4) is 0 Å². The Balaban J connectivity index is 1.54. The molecule has 0 spiro atoms. The zero-order chi connectivity index (χ0) is 22.2. The average Bonchev–Trinajstić information content (AvgIpc) is 2.78. The predicted octanol–water partition coefficient (Wildman–Crippen LogP) is 3.84. The molecule has 0 radical (unpaired) electrons. The summed E-state index contributed by atoms with van der Waals surface area (Å²) in [5.74, 6) is 0.327. The summed E-state index contributed by atoms with van der Waals surface area (Å²) in [4.78, 5) is 26.8. The molecule has 2 amide bonds. The van der Waals surface area contributed by atoms with Gasteiger partial charge in [-0.1, -0.05) is 6.92 Å². The topological polar surface area (TPSA) is 79.9 Å². The molecule has 9 heteroatoms. The summed E-state index contributed by atoms with van der Waals surface area (Å²) < 4.78 is 11.6. The number of carbonyl (C=O) groups is 2. The molecule has 0 aliphatic carbocycles. The number of hydrogen-bond acceptors (Lipinski definition) is 5. The quantitative estimate of drug-likeness (QED) is 0.580. The van der Waals surface area contributed by atoms with Crippen molar-refractivity contribution in [3.05, 3.63) is 58.1 Å². The van der Waals surface area contributed by atoms with E-state index in [1.54, 1.807) is 47.4 Å². The number of hydrogen-bond donors (Lipinski definition) is 2. The van der Waals surface area contributed by atoms with Gasteiger partial charge in [0.15, 0.2) is 5.11 Å². The Morgan fingerprint density at radius 3 is 2.45 bits per heavy atom. The zero-order valence-corrected chi connectivity index (χ0v) is 19.6. The van der Waals surface area contributed by atoms with Crippen molar-refractivity contribution >= 4 is 50.8 Å². The molecule has 1 fully saturated rings. The van der Waals surface area contributed by atoms with Gasteiger partial charge >= 0.3 is 0 Å². The van der Waals surface area contributed by atoms with E-state index >= 15 is 0 Å². The van der Waals surface area contributed by atoms with Crippen molar-refractivity contribution in [2.24, 2.45) is 0 Å². The third kappa shape index (κ3) is 6.49. The highest BCUT2D eigenvalue weighted by atomic mass is 79.9. The Bertz CT molecular complexity index is 946. The van der Waals surface area contributed by atoms with Gasteiger partial charge in [-0.3, -0.25) is 14.9 Å². The molecular weight excluding hydrogens is 482 g/mol. The third-order valence-electron chi connectivity index (χ3n) is 4.57. The van der Waals surface area contributed by atoms with E-state index in [1.165, 1.54) is 0 Å². The number of rotatable bonds is 6. The monoisotopic (exact) mass is 505 g/mol. The molecule has 2 aromatic carbocycles. The standard InChI is InChI=1S/C22H24BrN3O4S/c1-2-11-30-19-8-5-16(14-18(19)23)20(27)25-22(31)24-17-6-3-15(4-7-17)21(28)26-9-12-29-13-10-26/h3-8,14H,2,9-13H2,1H3,(H2,24,25,27,31). The minimum atomic E-state index is -0.334. The number of halogens is 1. The molecule has 1 aliphatic rings. The van der Waals surface area contributed by atoms with Crippen molar-refractivity contribution in [3.63, 3.8) is 0 Å². The van der Waals surface area contributed by atoms with Crippen LogP contribution in [0.25, 0.3) is 0 Å². The summed E-state index contributed by atoms with van der Waals surface area (Å²) in [6.07, 6.45) is 0.900. The fourth-order valence-electron chi connectivity index (χ4n) is 2.95. The minimum Gasteiger partial charge on any atom is -0.492 e. The van der Waals surface area contributed by atoms with Crippen molar-refractivity contribution in [3.8, 4) is 5.75 Å². The summed E-state index contributed by atoms with van der Waals surface area (Å²) in [5.41, 5.74) is 1.72. The molecule has 1 heterocycles. The lowest BCUT2D eigenvalue weighted by atomic mass is 10.1. The first-order valence-electron chi connectivity index (χ1n) is 9.99. The van der Waals surface area contributed by atoms with Gasteiger partial charge in [0.05, 0.1) is 24.3 Å². The van der Waals surface area contributed by atoms with Crippen LogP contribution in [-0.2, 0) is 4.74 Å². The summed E-state index contributed by atoms with van der Waals surface area (Å²) in [6.45, 7) is 4.94. The number of nitrogens with zero attached hydrogens (tertiary/aromatic N) is 1. The van der Waals surface area contributed by atoms with Crippen LogP contribution in [0.2, 0.25) is 0 Å². The van der Waals surface area contributed by atoms with Crippen LogP contribution in [0.1, 0.15) is 34.1 Å². The molecule has 3 rings (SSSR count). The van der Waals surface area contributed by atoms with E-state index in [4.69, 9.17) is 21.7 Å². The van der Waals surface area contributed by atoms with Crippen molar-refractivity contribution in [2.75, 3.05) is 38.2 Å². The number of thiocarbonyl (C=S) groups is 1. The molecule has 1 saturated heterocycles. The van der Waals surface area contributed by atoms with Gasteiger partial charge in [0.25, 0.3) is 11.8 Å².